The number of nitrogens with one attached hydrogen (secondary N) is 3. The summed E-state index contributed by atoms with van der Waals surface area (Å²) in [4.78, 5) is 32.8. The van der Waals surface area contributed by atoms with Crippen molar-refractivity contribution < 1.29 is 9.63 Å². The van der Waals surface area contributed by atoms with E-state index in [2.05, 4.69) is 51.8 Å². The fraction of sp³-hybridized carbons (Fsp3) is 0.360. The summed E-state index contributed by atoms with van der Waals surface area (Å²) >= 11 is 0. The third-order valence-electron chi connectivity index (χ3n) is 4.91. The third kappa shape index (κ3) is 7.14. The van der Waals surface area contributed by atoms with Gasteiger partial charge in [0.2, 0.25) is 17.8 Å². The molecule has 0 aliphatic rings. The minimum absolute atomic E-state index is 0.0617. The number of nitrogens with zero attached hydrogens (tertiary/aromatic N) is 4. The molecule has 0 aliphatic heterocycles. The fourth-order valence-corrected chi connectivity index (χ4v) is 3.40. The second kappa shape index (κ2) is 10.9. The molecule has 0 atom stereocenters. The predicted octanol–water partition coefficient (Wildman–Crippen LogP) is 4.31. The highest BCUT2D eigenvalue weighted by Crippen LogP contribution is 2.24. The zero-order valence-corrected chi connectivity index (χ0v) is 20.6. The molecule has 9 heteroatoms. The second-order valence-corrected chi connectivity index (χ2v) is 9.33. The Morgan fingerprint density at radius 1 is 1.03 bits per heavy atom. The Labute approximate surface area is 200 Å². The van der Waals surface area contributed by atoms with Gasteiger partial charge in [0, 0.05) is 31.4 Å². The van der Waals surface area contributed by atoms with Gasteiger partial charge in [0.05, 0.1) is 7.11 Å². The molecule has 0 fully saturated rings. The minimum Gasteiger partial charge on any atom is -0.350 e. The van der Waals surface area contributed by atoms with Crippen LogP contribution in [0.1, 0.15) is 42.3 Å². The van der Waals surface area contributed by atoms with Crippen LogP contribution >= 0.6 is 0 Å². The maximum atomic E-state index is 12.2. The summed E-state index contributed by atoms with van der Waals surface area (Å²) in [6.07, 6.45) is 0. The van der Waals surface area contributed by atoms with E-state index in [1.807, 2.05) is 55.3 Å². The summed E-state index contributed by atoms with van der Waals surface area (Å²) in [6, 6.07) is 15.4. The van der Waals surface area contributed by atoms with E-state index in [-0.39, 0.29) is 11.3 Å². The molecule has 0 saturated heterocycles. The fourth-order valence-electron chi connectivity index (χ4n) is 3.40. The number of carbonyl (C=O) groups is 1. The molecule has 0 unspecified atom stereocenters. The molecule has 3 aromatic rings. The van der Waals surface area contributed by atoms with Gasteiger partial charge in [-0.15, -0.1) is 0 Å². The number of aromatic nitrogens is 3. The van der Waals surface area contributed by atoms with Crippen molar-refractivity contribution in [2.24, 2.45) is 5.41 Å². The summed E-state index contributed by atoms with van der Waals surface area (Å²) in [7, 11) is 3.36. The summed E-state index contributed by atoms with van der Waals surface area (Å²) in [5.74, 6) is 1.06. The average Bonchev–Trinajstić information content (AvgIpc) is 2.79. The molecule has 0 spiro atoms. The first-order valence-electron chi connectivity index (χ1n) is 11.1. The molecule has 2 aromatic carbocycles. The smallest absolute Gasteiger partial charge is 0.274 e. The molecule has 34 heavy (non-hydrogen) atoms. The Kier molecular flexibility index (Phi) is 8.01. The maximum Gasteiger partial charge on any atom is 0.274 e. The highest BCUT2D eigenvalue weighted by molar-refractivity contribution is 5.94. The molecular formula is C25H33N7O2. The van der Waals surface area contributed by atoms with Crippen LogP contribution in [0.2, 0.25) is 0 Å². The molecule has 3 N–H and O–H groups in total. The average molecular weight is 464 g/mol. The topological polar surface area (TPSA) is 104 Å². The van der Waals surface area contributed by atoms with Gasteiger partial charge in [0.15, 0.2) is 0 Å². The molecule has 0 saturated carbocycles. The Hall–Kier alpha value is -3.72. The zero-order valence-electron chi connectivity index (χ0n) is 20.6. The van der Waals surface area contributed by atoms with Crippen molar-refractivity contribution >= 4 is 29.4 Å². The van der Waals surface area contributed by atoms with E-state index in [0.717, 1.165) is 17.7 Å². The number of amides is 1. The van der Waals surface area contributed by atoms with Crippen LogP contribution in [0.3, 0.4) is 0 Å². The van der Waals surface area contributed by atoms with Crippen molar-refractivity contribution in [1.82, 2.24) is 20.4 Å². The lowest BCUT2D eigenvalue weighted by atomic mass is 9.96. The molecular weight excluding hydrogens is 430 g/mol. The van der Waals surface area contributed by atoms with Crippen LogP contribution in [-0.4, -0.2) is 41.6 Å². The van der Waals surface area contributed by atoms with Gasteiger partial charge >= 0.3 is 0 Å². The van der Waals surface area contributed by atoms with Crippen molar-refractivity contribution in [3.63, 3.8) is 0 Å². The number of hydrogen-bond acceptors (Lipinski definition) is 8. The van der Waals surface area contributed by atoms with Gasteiger partial charge in [0.25, 0.3) is 5.91 Å². The van der Waals surface area contributed by atoms with E-state index in [0.29, 0.717) is 35.6 Å². The van der Waals surface area contributed by atoms with Gasteiger partial charge < -0.3 is 15.5 Å². The largest absolute Gasteiger partial charge is 0.350 e. The van der Waals surface area contributed by atoms with Crippen molar-refractivity contribution in [3.8, 4) is 0 Å². The molecule has 0 bridgehead atoms. The van der Waals surface area contributed by atoms with Gasteiger partial charge in [-0.3, -0.25) is 9.63 Å². The van der Waals surface area contributed by atoms with Crippen LogP contribution in [-0.2, 0) is 11.4 Å². The van der Waals surface area contributed by atoms with Crippen LogP contribution in [0, 0.1) is 12.3 Å². The van der Waals surface area contributed by atoms with E-state index < -0.39 is 0 Å². The monoisotopic (exact) mass is 463 g/mol. The molecule has 1 amide bonds. The van der Waals surface area contributed by atoms with E-state index in [9.17, 15) is 4.79 Å². The summed E-state index contributed by atoms with van der Waals surface area (Å²) in [5.41, 5.74) is 5.63. The van der Waals surface area contributed by atoms with Crippen molar-refractivity contribution in [2.75, 3.05) is 36.2 Å². The first-order valence-corrected chi connectivity index (χ1v) is 11.1. The van der Waals surface area contributed by atoms with Crippen molar-refractivity contribution in [1.29, 1.82) is 0 Å². The summed E-state index contributed by atoms with van der Waals surface area (Å²) in [5, 5.41) is 6.55. The predicted molar refractivity (Wildman–Crippen MR) is 135 cm³/mol. The quantitative estimate of drug-likeness (QED) is 0.403. The van der Waals surface area contributed by atoms with Crippen molar-refractivity contribution in [3.05, 3.63) is 65.2 Å². The number of hydroxylamine groups is 1. The third-order valence-corrected chi connectivity index (χ3v) is 4.91. The number of aryl methyl sites for hydroxylation is 1. The molecule has 180 valence electrons. The lowest BCUT2D eigenvalue weighted by Crippen LogP contribution is -2.31. The lowest BCUT2D eigenvalue weighted by Gasteiger charge is -2.27. The normalized spacial score (nSPS) is 11.1. The van der Waals surface area contributed by atoms with E-state index >= 15 is 0 Å². The lowest BCUT2D eigenvalue weighted by molar-refractivity contribution is 0.0537. The Bertz CT molecular complexity index is 1110. The van der Waals surface area contributed by atoms with Crippen LogP contribution in [0.25, 0.3) is 0 Å². The minimum atomic E-state index is -0.336. The van der Waals surface area contributed by atoms with E-state index in [1.54, 1.807) is 12.1 Å². The molecule has 3 rings (SSSR count). The highest BCUT2D eigenvalue weighted by atomic mass is 16.6. The molecule has 1 heterocycles. The second-order valence-electron chi connectivity index (χ2n) is 9.33. The molecule has 1 aromatic heterocycles. The Morgan fingerprint density at radius 3 is 2.41 bits per heavy atom. The van der Waals surface area contributed by atoms with Crippen LogP contribution in [0.15, 0.2) is 48.5 Å². The SMILES string of the molecule is CONC(=O)c1ccc(C)c(Nc2nc(NCc3ccccc3)nc(N(C)CC(C)(C)C)n2)c1. The summed E-state index contributed by atoms with van der Waals surface area (Å²) < 4.78 is 0. The van der Waals surface area contributed by atoms with Gasteiger partial charge in [-0.05, 0) is 35.6 Å². The maximum absolute atomic E-state index is 12.2. The first-order chi connectivity index (χ1) is 16.1. The number of anilines is 4. The van der Waals surface area contributed by atoms with Crippen LogP contribution in [0.4, 0.5) is 23.5 Å². The van der Waals surface area contributed by atoms with Crippen molar-refractivity contribution in [2.45, 2.75) is 34.2 Å². The standard InChI is InChI=1S/C25H33N7O2/c1-17-12-13-19(21(33)31-34-6)14-20(17)27-23-28-22(26-15-18-10-8-7-9-11-18)29-24(30-23)32(5)16-25(2,3)4/h7-14H,15-16H2,1-6H3,(H,31,33)(H2,26,27,28,29,30). The van der Waals surface area contributed by atoms with Gasteiger partial charge in [-0.25, -0.2) is 5.48 Å². The molecule has 0 aliphatic carbocycles. The number of carbonyl (C=O) groups excluding carboxylic acids is 1. The molecule has 0 radical (unpaired) electrons. The summed E-state index contributed by atoms with van der Waals surface area (Å²) in [6.45, 7) is 9.79. The van der Waals surface area contributed by atoms with E-state index in [1.165, 1.54) is 7.11 Å². The van der Waals surface area contributed by atoms with Crippen LogP contribution < -0.4 is 21.0 Å². The Balaban J connectivity index is 1.91. The van der Waals surface area contributed by atoms with Gasteiger partial charge in [0.1, 0.15) is 0 Å². The zero-order chi connectivity index (χ0) is 24.7. The van der Waals surface area contributed by atoms with Crippen LogP contribution in [0.5, 0.6) is 0 Å². The van der Waals surface area contributed by atoms with Gasteiger partial charge in [-0.1, -0.05) is 57.2 Å². The number of hydrogen-bond donors (Lipinski definition) is 3. The van der Waals surface area contributed by atoms with Gasteiger partial charge in [-0.2, -0.15) is 15.0 Å². The molecule has 9 nitrogen and oxygen atoms in total. The first kappa shape index (κ1) is 24.9. The number of rotatable bonds is 9. The Morgan fingerprint density at radius 2 is 1.74 bits per heavy atom. The highest BCUT2D eigenvalue weighted by Gasteiger charge is 2.18. The van der Waals surface area contributed by atoms with E-state index in [4.69, 9.17) is 4.84 Å². The number of benzene rings is 2.